The molecular weight excluding hydrogens is 298 g/mol. The van der Waals surface area contributed by atoms with Crippen LogP contribution in [0.2, 0.25) is 0 Å². The summed E-state index contributed by atoms with van der Waals surface area (Å²) >= 11 is 0. The van der Waals surface area contributed by atoms with Crippen LogP contribution in [0, 0.1) is 11.8 Å². The fraction of sp³-hybridized carbons (Fsp3) is 0.650. The summed E-state index contributed by atoms with van der Waals surface area (Å²) in [6.07, 6.45) is 4.52. The van der Waals surface area contributed by atoms with Crippen molar-refractivity contribution in [1.29, 1.82) is 0 Å². The van der Waals surface area contributed by atoms with Crippen molar-refractivity contribution in [2.75, 3.05) is 26.2 Å². The molecule has 4 nitrogen and oxygen atoms in total. The van der Waals surface area contributed by atoms with E-state index in [2.05, 4.69) is 46.7 Å². The summed E-state index contributed by atoms with van der Waals surface area (Å²) in [6, 6.07) is 8.56. The standard InChI is InChI=1S/C20H31N3O/c1-16-8-12-23(13-9-16)15-19-5-3-2-4-18(19)14-22-20(24)17-6-10-21-11-7-17/h2-5,16-17,21H,6-15H2,1H3,(H,22,24). The van der Waals surface area contributed by atoms with E-state index >= 15 is 0 Å². The van der Waals surface area contributed by atoms with Gasteiger partial charge >= 0.3 is 0 Å². The highest BCUT2D eigenvalue weighted by atomic mass is 16.1. The van der Waals surface area contributed by atoms with E-state index in [-0.39, 0.29) is 11.8 Å². The molecule has 2 heterocycles. The molecule has 3 rings (SSSR count). The predicted molar refractivity (Wildman–Crippen MR) is 97.6 cm³/mol. The highest BCUT2D eigenvalue weighted by molar-refractivity contribution is 5.78. The minimum Gasteiger partial charge on any atom is -0.352 e. The molecule has 2 aliphatic heterocycles. The van der Waals surface area contributed by atoms with E-state index in [9.17, 15) is 4.79 Å². The lowest BCUT2D eigenvalue weighted by Crippen LogP contribution is -2.38. The molecule has 2 fully saturated rings. The fourth-order valence-electron chi connectivity index (χ4n) is 3.76. The first kappa shape index (κ1) is 17.4. The van der Waals surface area contributed by atoms with Crippen LogP contribution in [0.5, 0.6) is 0 Å². The molecule has 1 aromatic rings. The maximum absolute atomic E-state index is 12.4. The van der Waals surface area contributed by atoms with E-state index in [0.29, 0.717) is 6.54 Å². The van der Waals surface area contributed by atoms with E-state index in [1.165, 1.54) is 37.1 Å². The van der Waals surface area contributed by atoms with Gasteiger partial charge in [-0.25, -0.2) is 0 Å². The molecule has 0 saturated carbocycles. The van der Waals surface area contributed by atoms with Crippen LogP contribution in [0.15, 0.2) is 24.3 Å². The van der Waals surface area contributed by atoms with Crippen LogP contribution in [0.4, 0.5) is 0 Å². The Morgan fingerprint density at radius 1 is 1.12 bits per heavy atom. The van der Waals surface area contributed by atoms with Crippen molar-refractivity contribution in [3.8, 4) is 0 Å². The second-order valence-corrected chi connectivity index (χ2v) is 7.47. The van der Waals surface area contributed by atoms with Crippen LogP contribution in [0.1, 0.15) is 43.7 Å². The first-order chi connectivity index (χ1) is 11.7. The number of rotatable bonds is 5. The monoisotopic (exact) mass is 329 g/mol. The molecule has 0 bridgehead atoms. The van der Waals surface area contributed by atoms with Gasteiger partial charge in [0.05, 0.1) is 0 Å². The second-order valence-electron chi connectivity index (χ2n) is 7.47. The Bertz CT molecular complexity index is 531. The van der Waals surface area contributed by atoms with Gasteiger partial charge in [-0.05, 0) is 68.9 Å². The van der Waals surface area contributed by atoms with Crippen molar-refractivity contribution in [1.82, 2.24) is 15.5 Å². The number of carbonyl (C=O) groups excluding carboxylic acids is 1. The van der Waals surface area contributed by atoms with Crippen LogP contribution >= 0.6 is 0 Å². The lowest BCUT2D eigenvalue weighted by atomic mass is 9.96. The van der Waals surface area contributed by atoms with Gasteiger partial charge in [0.25, 0.3) is 0 Å². The van der Waals surface area contributed by atoms with Crippen molar-refractivity contribution in [2.45, 2.75) is 45.7 Å². The molecule has 1 amide bonds. The molecule has 2 aliphatic rings. The SMILES string of the molecule is CC1CCN(Cc2ccccc2CNC(=O)C2CCNCC2)CC1. The van der Waals surface area contributed by atoms with E-state index < -0.39 is 0 Å². The molecule has 0 spiro atoms. The van der Waals surface area contributed by atoms with Gasteiger partial charge in [-0.15, -0.1) is 0 Å². The maximum Gasteiger partial charge on any atom is 0.223 e. The topological polar surface area (TPSA) is 44.4 Å². The summed E-state index contributed by atoms with van der Waals surface area (Å²) in [5, 5.41) is 6.48. The van der Waals surface area contributed by atoms with Crippen molar-refractivity contribution in [3.63, 3.8) is 0 Å². The Hall–Kier alpha value is -1.39. The minimum atomic E-state index is 0.182. The van der Waals surface area contributed by atoms with Gasteiger partial charge in [0.2, 0.25) is 5.91 Å². The van der Waals surface area contributed by atoms with Gasteiger partial charge in [-0.3, -0.25) is 9.69 Å². The number of nitrogens with one attached hydrogen (secondary N) is 2. The lowest BCUT2D eigenvalue weighted by Gasteiger charge is -2.30. The normalized spacial score (nSPS) is 20.9. The molecule has 1 aromatic carbocycles. The van der Waals surface area contributed by atoms with E-state index in [1.54, 1.807) is 0 Å². The Kier molecular flexibility index (Phi) is 6.27. The number of carbonyl (C=O) groups is 1. The van der Waals surface area contributed by atoms with Gasteiger partial charge < -0.3 is 10.6 Å². The second kappa shape index (κ2) is 8.63. The molecule has 0 aliphatic carbocycles. The number of hydrogen-bond donors (Lipinski definition) is 2. The molecule has 4 heteroatoms. The van der Waals surface area contributed by atoms with Crippen LogP contribution < -0.4 is 10.6 Å². The Morgan fingerprint density at radius 3 is 2.50 bits per heavy atom. The van der Waals surface area contributed by atoms with Crippen molar-refractivity contribution < 1.29 is 4.79 Å². The number of nitrogens with zero attached hydrogens (tertiary/aromatic N) is 1. The van der Waals surface area contributed by atoms with Crippen LogP contribution in [0.3, 0.4) is 0 Å². The number of likely N-dealkylation sites (tertiary alicyclic amines) is 1. The van der Waals surface area contributed by atoms with E-state index in [0.717, 1.165) is 38.4 Å². The van der Waals surface area contributed by atoms with Gasteiger partial charge in [-0.1, -0.05) is 31.2 Å². The van der Waals surface area contributed by atoms with Crippen molar-refractivity contribution in [3.05, 3.63) is 35.4 Å². The van der Waals surface area contributed by atoms with Crippen molar-refractivity contribution in [2.24, 2.45) is 11.8 Å². The molecule has 132 valence electrons. The molecule has 0 radical (unpaired) electrons. The maximum atomic E-state index is 12.4. The summed E-state index contributed by atoms with van der Waals surface area (Å²) in [4.78, 5) is 14.9. The summed E-state index contributed by atoms with van der Waals surface area (Å²) in [5.74, 6) is 1.26. The van der Waals surface area contributed by atoms with E-state index in [4.69, 9.17) is 0 Å². The molecule has 24 heavy (non-hydrogen) atoms. The molecule has 0 aromatic heterocycles. The van der Waals surface area contributed by atoms with Gasteiger partial charge in [0.15, 0.2) is 0 Å². The zero-order valence-corrected chi connectivity index (χ0v) is 14.9. The quantitative estimate of drug-likeness (QED) is 0.872. The highest BCUT2D eigenvalue weighted by Crippen LogP contribution is 2.20. The first-order valence-electron chi connectivity index (χ1n) is 9.50. The Morgan fingerprint density at radius 2 is 1.79 bits per heavy atom. The van der Waals surface area contributed by atoms with Gasteiger partial charge in [0.1, 0.15) is 0 Å². The number of piperidine rings is 2. The summed E-state index contributed by atoms with van der Waals surface area (Å²) in [6.45, 7) is 8.31. The molecular formula is C20H31N3O. The summed E-state index contributed by atoms with van der Waals surface area (Å²) in [7, 11) is 0. The van der Waals surface area contributed by atoms with Gasteiger partial charge in [0, 0.05) is 19.0 Å². The minimum absolute atomic E-state index is 0.182. The largest absolute Gasteiger partial charge is 0.352 e. The third-order valence-corrected chi connectivity index (χ3v) is 5.55. The third kappa shape index (κ3) is 4.81. The van der Waals surface area contributed by atoms with Crippen molar-refractivity contribution >= 4 is 5.91 Å². The smallest absolute Gasteiger partial charge is 0.223 e. The number of benzene rings is 1. The molecule has 2 saturated heterocycles. The lowest BCUT2D eigenvalue weighted by molar-refractivity contribution is -0.125. The molecule has 2 N–H and O–H groups in total. The van der Waals surface area contributed by atoms with Crippen LogP contribution in [-0.4, -0.2) is 37.0 Å². The Labute approximate surface area is 146 Å². The van der Waals surface area contributed by atoms with Gasteiger partial charge in [-0.2, -0.15) is 0 Å². The van der Waals surface area contributed by atoms with Crippen LogP contribution in [0.25, 0.3) is 0 Å². The van der Waals surface area contributed by atoms with E-state index in [1.807, 2.05) is 0 Å². The average Bonchev–Trinajstić information content (AvgIpc) is 2.63. The summed E-state index contributed by atoms with van der Waals surface area (Å²) in [5.41, 5.74) is 2.62. The third-order valence-electron chi connectivity index (χ3n) is 5.55. The zero-order chi connectivity index (χ0) is 16.8. The number of amides is 1. The molecule has 0 atom stereocenters. The molecule has 0 unspecified atom stereocenters. The first-order valence-corrected chi connectivity index (χ1v) is 9.50. The fourth-order valence-corrected chi connectivity index (χ4v) is 3.76. The van der Waals surface area contributed by atoms with Crippen LogP contribution in [-0.2, 0) is 17.9 Å². The highest BCUT2D eigenvalue weighted by Gasteiger charge is 2.21. The predicted octanol–water partition coefficient (Wildman–Crippen LogP) is 2.53. The zero-order valence-electron chi connectivity index (χ0n) is 14.9. The average molecular weight is 329 g/mol. The number of hydrogen-bond acceptors (Lipinski definition) is 3. The Balaban J connectivity index is 1.54. The summed E-state index contributed by atoms with van der Waals surface area (Å²) < 4.78 is 0.